The van der Waals surface area contributed by atoms with Crippen LogP contribution in [0.1, 0.15) is 17.0 Å². The average molecular weight is 324 g/mol. The standard InChI is InChI=1S/C15H18ClN3OS/c1-10-15(16)11(2)19(18-10)7-8-20-13-5-3-12(4-6-13)9-14(17)21/h3-6H,7-9H2,1-2H3,(H2,17,21). The van der Waals surface area contributed by atoms with Gasteiger partial charge in [-0.05, 0) is 31.5 Å². The Hall–Kier alpha value is -1.59. The first-order chi connectivity index (χ1) is 9.97. The summed E-state index contributed by atoms with van der Waals surface area (Å²) >= 11 is 11.0. The molecular weight excluding hydrogens is 306 g/mol. The Kier molecular flexibility index (Phi) is 5.20. The minimum atomic E-state index is 0.491. The normalized spacial score (nSPS) is 10.6. The molecular formula is C15H18ClN3OS. The number of aryl methyl sites for hydroxylation is 1. The molecule has 1 aromatic heterocycles. The van der Waals surface area contributed by atoms with E-state index in [0.717, 1.165) is 27.7 Å². The topological polar surface area (TPSA) is 53.1 Å². The van der Waals surface area contributed by atoms with Gasteiger partial charge in [-0.3, -0.25) is 4.68 Å². The third-order valence-corrected chi connectivity index (χ3v) is 3.86. The minimum Gasteiger partial charge on any atom is -0.492 e. The van der Waals surface area contributed by atoms with Crippen LogP contribution in [0.5, 0.6) is 5.75 Å². The Labute approximate surface area is 134 Å². The van der Waals surface area contributed by atoms with Crippen molar-refractivity contribution in [3.63, 3.8) is 0 Å². The van der Waals surface area contributed by atoms with E-state index in [4.69, 9.17) is 34.3 Å². The largest absolute Gasteiger partial charge is 0.492 e. The molecule has 2 N–H and O–H groups in total. The number of hydrogen-bond acceptors (Lipinski definition) is 3. The average Bonchev–Trinajstić information content (AvgIpc) is 2.68. The van der Waals surface area contributed by atoms with Crippen molar-refractivity contribution in [1.29, 1.82) is 0 Å². The highest BCUT2D eigenvalue weighted by Crippen LogP contribution is 2.19. The molecule has 0 amide bonds. The number of benzene rings is 1. The molecule has 1 heterocycles. The lowest BCUT2D eigenvalue weighted by atomic mass is 10.1. The fraction of sp³-hybridized carbons (Fsp3) is 0.333. The van der Waals surface area contributed by atoms with Gasteiger partial charge in [0.15, 0.2) is 0 Å². The van der Waals surface area contributed by atoms with Gasteiger partial charge in [0.05, 0.1) is 27.9 Å². The van der Waals surface area contributed by atoms with Gasteiger partial charge >= 0.3 is 0 Å². The fourth-order valence-electron chi connectivity index (χ4n) is 2.05. The number of thiocarbonyl (C=S) groups is 1. The summed E-state index contributed by atoms with van der Waals surface area (Å²) in [6.07, 6.45) is 0.611. The van der Waals surface area contributed by atoms with Crippen molar-refractivity contribution in [2.45, 2.75) is 26.8 Å². The van der Waals surface area contributed by atoms with Gasteiger partial charge in [0.2, 0.25) is 0 Å². The Balaban J connectivity index is 1.88. The Morgan fingerprint density at radius 3 is 2.52 bits per heavy atom. The lowest BCUT2D eigenvalue weighted by Gasteiger charge is -2.08. The van der Waals surface area contributed by atoms with E-state index < -0.39 is 0 Å². The molecule has 112 valence electrons. The highest BCUT2D eigenvalue weighted by atomic mass is 35.5. The molecule has 0 aliphatic rings. The van der Waals surface area contributed by atoms with Crippen molar-refractivity contribution < 1.29 is 4.74 Å². The molecule has 2 rings (SSSR count). The first-order valence-corrected chi connectivity index (χ1v) is 7.45. The van der Waals surface area contributed by atoms with Gasteiger partial charge in [0.25, 0.3) is 0 Å². The zero-order valence-corrected chi connectivity index (χ0v) is 13.7. The van der Waals surface area contributed by atoms with Crippen molar-refractivity contribution in [2.75, 3.05) is 6.61 Å². The zero-order valence-electron chi connectivity index (χ0n) is 12.1. The van der Waals surface area contributed by atoms with Gasteiger partial charge in [-0.1, -0.05) is 36.0 Å². The second-order valence-electron chi connectivity index (χ2n) is 4.84. The van der Waals surface area contributed by atoms with Gasteiger partial charge in [-0.25, -0.2) is 0 Å². The van der Waals surface area contributed by atoms with E-state index >= 15 is 0 Å². The smallest absolute Gasteiger partial charge is 0.119 e. The van der Waals surface area contributed by atoms with Crippen LogP contribution in [0, 0.1) is 13.8 Å². The van der Waals surface area contributed by atoms with Gasteiger partial charge in [0.1, 0.15) is 12.4 Å². The quantitative estimate of drug-likeness (QED) is 0.830. The molecule has 0 saturated heterocycles. The molecule has 1 aromatic carbocycles. The second kappa shape index (κ2) is 6.91. The molecule has 0 spiro atoms. The van der Waals surface area contributed by atoms with E-state index in [1.54, 1.807) is 0 Å². The minimum absolute atomic E-state index is 0.491. The number of rotatable bonds is 6. The van der Waals surface area contributed by atoms with Crippen molar-refractivity contribution >= 4 is 28.8 Å². The molecule has 0 saturated carbocycles. The molecule has 0 aliphatic heterocycles. The lowest BCUT2D eigenvalue weighted by molar-refractivity contribution is 0.289. The van der Waals surface area contributed by atoms with Gasteiger partial charge in [-0.2, -0.15) is 5.10 Å². The molecule has 4 nitrogen and oxygen atoms in total. The van der Waals surface area contributed by atoms with Crippen LogP contribution in [0.3, 0.4) is 0 Å². The maximum atomic E-state index is 6.11. The zero-order chi connectivity index (χ0) is 15.4. The fourth-order valence-corrected chi connectivity index (χ4v) is 2.35. The molecule has 0 aliphatic carbocycles. The Morgan fingerprint density at radius 1 is 1.33 bits per heavy atom. The van der Waals surface area contributed by atoms with Crippen LogP contribution in [-0.2, 0) is 13.0 Å². The van der Waals surface area contributed by atoms with Crippen LogP contribution in [0.4, 0.5) is 0 Å². The van der Waals surface area contributed by atoms with E-state index in [1.807, 2.05) is 42.8 Å². The van der Waals surface area contributed by atoms with Crippen LogP contribution in [0.2, 0.25) is 5.02 Å². The number of halogens is 1. The molecule has 0 bridgehead atoms. The number of ether oxygens (including phenoxy) is 1. The van der Waals surface area contributed by atoms with E-state index in [1.165, 1.54) is 0 Å². The predicted molar refractivity (Wildman–Crippen MR) is 89.1 cm³/mol. The van der Waals surface area contributed by atoms with Crippen LogP contribution in [0.15, 0.2) is 24.3 Å². The monoisotopic (exact) mass is 323 g/mol. The number of nitrogens with two attached hydrogens (primary N) is 1. The lowest BCUT2D eigenvalue weighted by Crippen LogP contribution is -2.12. The van der Waals surface area contributed by atoms with E-state index in [2.05, 4.69) is 5.10 Å². The molecule has 21 heavy (non-hydrogen) atoms. The van der Waals surface area contributed by atoms with Crippen molar-refractivity contribution in [3.8, 4) is 5.75 Å². The Bertz CT molecular complexity index is 637. The summed E-state index contributed by atoms with van der Waals surface area (Å²) in [5, 5.41) is 5.08. The molecule has 2 aromatic rings. The predicted octanol–water partition coefficient (Wildman–Crippen LogP) is 3.06. The number of aromatic nitrogens is 2. The summed E-state index contributed by atoms with van der Waals surface area (Å²) in [6.45, 7) is 5.04. The summed E-state index contributed by atoms with van der Waals surface area (Å²) in [6, 6.07) is 7.77. The summed E-state index contributed by atoms with van der Waals surface area (Å²) in [4.78, 5) is 0.491. The first-order valence-electron chi connectivity index (χ1n) is 6.67. The van der Waals surface area contributed by atoms with Crippen LogP contribution < -0.4 is 10.5 Å². The van der Waals surface area contributed by atoms with E-state index in [9.17, 15) is 0 Å². The molecule has 0 atom stereocenters. The van der Waals surface area contributed by atoms with Crippen LogP contribution >= 0.6 is 23.8 Å². The van der Waals surface area contributed by atoms with Gasteiger partial charge in [-0.15, -0.1) is 0 Å². The highest BCUT2D eigenvalue weighted by Gasteiger charge is 2.08. The van der Waals surface area contributed by atoms with E-state index in [-0.39, 0.29) is 0 Å². The maximum absolute atomic E-state index is 6.11. The summed E-state index contributed by atoms with van der Waals surface area (Å²) < 4.78 is 7.57. The van der Waals surface area contributed by atoms with Gasteiger partial charge in [0, 0.05) is 6.42 Å². The van der Waals surface area contributed by atoms with Crippen molar-refractivity contribution in [1.82, 2.24) is 9.78 Å². The molecule has 0 unspecified atom stereocenters. The molecule has 6 heteroatoms. The third kappa shape index (κ3) is 4.19. The Morgan fingerprint density at radius 2 is 2.00 bits per heavy atom. The van der Waals surface area contributed by atoms with E-state index in [0.29, 0.717) is 24.6 Å². The maximum Gasteiger partial charge on any atom is 0.119 e. The summed E-state index contributed by atoms with van der Waals surface area (Å²) in [5.41, 5.74) is 8.40. The van der Waals surface area contributed by atoms with Crippen LogP contribution in [0.25, 0.3) is 0 Å². The van der Waals surface area contributed by atoms with Crippen molar-refractivity contribution in [2.24, 2.45) is 5.73 Å². The SMILES string of the molecule is Cc1nn(CCOc2ccc(CC(N)=S)cc2)c(C)c1Cl. The molecule has 0 radical (unpaired) electrons. The molecule has 0 fully saturated rings. The number of nitrogens with zero attached hydrogens (tertiary/aromatic N) is 2. The number of hydrogen-bond donors (Lipinski definition) is 1. The first kappa shape index (κ1) is 15.8. The second-order valence-corrected chi connectivity index (χ2v) is 5.75. The summed E-state index contributed by atoms with van der Waals surface area (Å²) in [7, 11) is 0. The van der Waals surface area contributed by atoms with Crippen LogP contribution in [-0.4, -0.2) is 21.4 Å². The van der Waals surface area contributed by atoms with Crippen molar-refractivity contribution in [3.05, 3.63) is 46.2 Å². The third-order valence-electron chi connectivity index (χ3n) is 3.17. The summed E-state index contributed by atoms with van der Waals surface area (Å²) in [5.74, 6) is 0.814. The highest BCUT2D eigenvalue weighted by molar-refractivity contribution is 7.80. The van der Waals surface area contributed by atoms with Gasteiger partial charge < -0.3 is 10.5 Å².